The van der Waals surface area contributed by atoms with Gasteiger partial charge in [-0.05, 0) is 24.7 Å². The maximum Gasteiger partial charge on any atom is 0.229 e. The number of carbonyl (C=O) groups excluding carboxylic acids is 1. The number of amides is 1. The van der Waals surface area contributed by atoms with Gasteiger partial charge in [0.05, 0.1) is 0 Å². The summed E-state index contributed by atoms with van der Waals surface area (Å²) in [5.41, 5.74) is 1.65. The highest BCUT2D eigenvalue weighted by Crippen LogP contribution is 2.18. The maximum atomic E-state index is 11.8. The summed E-state index contributed by atoms with van der Waals surface area (Å²) in [6.07, 6.45) is 0. The van der Waals surface area contributed by atoms with Gasteiger partial charge in [-0.2, -0.15) is 0 Å². The van der Waals surface area contributed by atoms with Crippen LogP contribution in [0.5, 0.6) is 0 Å². The molecule has 2 N–H and O–H groups in total. The highest BCUT2D eigenvalue weighted by molar-refractivity contribution is 5.94. The van der Waals surface area contributed by atoms with Gasteiger partial charge in [0, 0.05) is 17.6 Å². The number of benzene rings is 1. The zero-order valence-corrected chi connectivity index (χ0v) is 11.6. The van der Waals surface area contributed by atoms with E-state index in [0.717, 1.165) is 17.8 Å². The van der Waals surface area contributed by atoms with E-state index in [9.17, 15) is 4.79 Å². The second-order valence-electron chi connectivity index (χ2n) is 4.93. The molecule has 0 saturated carbocycles. The minimum atomic E-state index is -0.362. The summed E-state index contributed by atoms with van der Waals surface area (Å²) in [5.74, 6) is 0.0362. The van der Waals surface area contributed by atoms with Crippen molar-refractivity contribution in [3.8, 4) is 0 Å². The molecule has 96 valence electrons. The van der Waals surface area contributed by atoms with Crippen molar-refractivity contribution in [2.24, 2.45) is 5.41 Å². The third kappa shape index (κ3) is 5.20. The normalized spacial score (nSPS) is 10.6. The fourth-order valence-electron chi connectivity index (χ4n) is 1.28. The Morgan fingerprint density at radius 2 is 1.94 bits per heavy atom. The summed E-state index contributed by atoms with van der Waals surface area (Å²) < 4.78 is 0. The van der Waals surface area contributed by atoms with Gasteiger partial charge < -0.3 is 10.6 Å². The predicted octanol–water partition coefficient (Wildman–Crippen LogP) is 2.81. The topological polar surface area (TPSA) is 41.1 Å². The fourth-order valence-corrected chi connectivity index (χ4v) is 1.28. The van der Waals surface area contributed by atoms with Crippen molar-refractivity contribution in [3.63, 3.8) is 0 Å². The molecule has 0 aliphatic carbocycles. The molecule has 0 heterocycles. The lowest BCUT2D eigenvalue weighted by Gasteiger charge is -2.18. The molecule has 1 amide bonds. The van der Waals surface area contributed by atoms with E-state index in [1.807, 2.05) is 52.1 Å². The van der Waals surface area contributed by atoms with Crippen LogP contribution in [0.25, 0.3) is 0 Å². The fraction of sp³-hybridized carbons (Fsp3) is 0.462. The lowest BCUT2D eigenvalue weighted by molar-refractivity contribution is -0.123. The molecule has 0 spiro atoms. The molecule has 0 aromatic heterocycles. The predicted molar refractivity (Wildman–Crippen MR) is 74.5 cm³/mol. The molecule has 4 heteroatoms. The molecule has 0 aliphatic rings. The van der Waals surface area contributed by atoms with E-state index in [-0.39, 0.29) is 23.7 Å². The Hall–Kier alpha value is -1.06. The lowest BCUT2D eigenvalue weighted by atomic mass is 9.95. The van der Waals surface area contributed by atoms with E-state index in [2.05, 4.69) is 10.6 Å². The largest absolute Gasteiger partial charge is 0.326 e. The van der Waals surface area contributed by atoms with Crippen LogP contribution in [0, 0.1) is 5.41 Å². The van der Waals surface area contributed by atoms with Crippen molar-refractivity contribution >= 4 is 24.0 Å². The number of rotatable bonds is 3. The van der Waals surface area contributed by atoms with Crippen LogP contribution in [-0.4, -0.2) is 13.0 Å². The van der Waals surface area contributed by atoms with Crippen LogP contribution in [0.1, 0.15) is 26.3 Å². The molecular formula is C13H21ClN2O. The van der Waals surface area contributed by atoms with Crippen LogP contribution in [0.4, 0.5) is 5.69 Å². The van der Waals surface area contributed by atoms with Crippen molar-refractivity contribution < 1.29 is 4.79 Å². The molecule has 0 aliphatic heterocycles. The molecule has 0 atom stereocenters. The monoisotopic (exact) mass is 256 g/mol. The standard InChI is InChI=1S/C13H20N2O.ClH/c1-13(2,3)12(16)15-11-7-5-6-10(8-11)9-14-4;/h5-8,14H,9H2,1-4H3,(H,15,16);1H. The van der Waals surface area contributed by atoms with Gasteiger partial charge in [-0.25, -0.2) is 0 Å². The quantitative estimate of drug-likeness (QED) is 0.873. The van der Waals surface area contributed by atoms with E-state index in [4.69, 9.17) is 0 Å². The first-order valence-corrected chi connectivity index (χ1v) is 5.48. The van der Waals surface area contributed by atoms with Crippen molar-refractivity contribution in [2.45, 2.75) is 27.3 Å². The first kappa shape index (κ1) is 15.9. The Bertz CT molecular complexity index is 372. The van der Waals surface area contributed by atoms with Crippen molar-refractivity contribution in [3.05, 3.63) is 29.8 Å². The van der Waals surface area contributed by atoms with Gasteiger partial charge >= 0.3 is 0 Å². The van der Waals surface area contributed by atoms with Crippen LogP contribution < -0.4 is 10.6 Å². The number of nitrogens with one attached hydrogen (secondary N) is 2. The number of hydrogen-bond donors (Lipinski definition) is 2. The summed E-state index contributed by atoms with van der Waals surface area (Å²) in [6.45, 7) is 6.51. The Morgan fingerprint density at radius 1 is 1.29 bits per heavy atom. The van der Waals surface area contributed by atoms with Crippen LogP contribution >= 0.6 is 12.4 Å². The average Bonchev–Trinajstić information content (AvgIpc) is 2.17. The molecule has 0 radical (unpaired) electrons. The summed E-state index contributed by atoms with van der Waals surface area (Å²) in [4.78, 5) is 11.8. The lowest BCUT2D eigenvalue weighted by Crippen LogP contribution is -2.27. The number of carbonyl (C=O) groups is 1. The molecule has 0 bridgehead atoms. The van der Waals surface area contributed by atoms with Gasteiger partial charge in [-0.15, -0.1) is 12.4 Å². The van der Waals surface area contributed by atoms with Gasteiger partial charge in [-0.3, -0.25) is 4.79 Å². The SMILES string of the molecule is CNCc1cccc(NC(=O)C(C)(C)C)c1.Cl. The van der Waals surface area contributed by atoms with Gasteiger partial charge in [-0.1, -0.05) is 32.9 Å². The van der Waals surface area contributed by atoms with E-state index in [1.54, 1.807) is 0 Å². The molecule has 3 nitrogen and oxygen atoms in total. The Kier molecular flexibility index (Phi) is 6.21. The summed E-state index contributed by atoms with van der Waals surface area (Å²) in [6, 6.07) is 7.87. The Balaban J connectivity index is 0.00000256. The van der Waals surface area contributed by atoms with Crippen LogP contribution in [-0.2, 0) is 11.3 Å². The van der Waals surface area contributed by atoms with Crippen LogP contribution in [0.3, 0.4) is 0 Å². The maximum absolute atomic E-state index is 11.8. The molecule has 0 saturated heterocycles. The van der Waals surface area contributed by atoms with E-state index in [1.165, 1.54) is 0 Å². The Morgan fingerprint density at radius 3 is 2.47 bits per heavy atom. The molecule has 17 heavy (non-hydrogen) atoms. The van der Waals surface area contributed by atoms with Gasteiger partial charge in [0.15, 0.2) is 0 Å². The van der Waals surface area contributed by atoms with Gasteiger partial charge in [0.2, 0.25) is 5.91 Å². The molecule has 1 aromatic rings. The zero-order chi connectivity index (χ0) is 12.2. The minimum absolute atomic E-state index is 0. The summed E-state index contributed by atoms with van der Waals surface area (Å²) >= 11 is 0. The van der Waals surface area contributed by atoms with Gasteiger partial charge in [0.1, 0.15) is 0 Å². The average molecular weight is 257 g/mol. The highest BCUT2D eigenvalue weighted by atomic mass is 35.5. The van der Waals surface area contributed by atoms with Crippen LogP contribution in [0.2, 0.25) is 0 Å². The molecular weight excluding hydrogens is 236 g/mol. The first-order valence-electron chi connectivity index (χ1n) is 5.48. The van der Waals surface area contributed by atoms with E-state index >= 15 is 0 Å². The first-order chi connectivity index (χ1) is 7.43. The number of halogens is 1. The third-order valence-electron chi connectivity index (χ3n) is 2.25. The minimum Gasteiger partial charge on any atom is -0.326 e. The highest BCUT2D eigenvalue weighted by Gasteiger charge is 2.20. The van der Waals surface area contributed by atoms with Crippen molar-refractivity contribution in [2.75, 3.05) is 12.4 Å². The van der Waals surface area contributed by atoms with Gasteiger partial charge in [0.25, 0.3) is 0 Å². The molecule has 1 aromatic carbocycles. The smallest absolute Gasteiger partial charge is 0.229 e. The molecule has 0 fully saturated rings. The summed E-state index contributed by atoms with van der Waals surface area (Å²) in [7, 11) is 1.90. The van der Waals surface area contributed by atoms with E-state index in [0.29, 0.717) is 0 Å². The number of hydrogen-bond acceptors (Lipinski definition) is 2. The molecule has 0 unspecified atom stereocenters. The third-order valence-corrected chi connectivity index (χ3v) is 2.25. The van der Waals surface area contributed by atoms with Crippen molar-refractivity contribution in [1.82, 2.24) is 5.32 Å². The Labute approximate surface area is 109 Å². The second kappa shape index (κ2) is 6.62. The summed E-state index contributed by atoms with van der Waals surface area (Å²) in [5, 5.41) is 6.00. The number of anilines is 1. The van der Waals surface area contributed by atoms with E-state index < -0.39 is 0 Å². The van der Waals surface area contributed by atoms with Crippen molar-refractivity contribution in [1.29, 1.82) is 0 Å². The zero-order valence-electron chi connectivity index (χ0n) is 10.8. The second-order valence-corrected chi connectivity index (χ2v) is 4.93. The van der Waals surface area contributed by atoms with Crippen LogP contribution in [0.15, 0.2) is 24.3 Å². The molecule has 1 rings (SSSR count).